The van der Waals surface area contributed by atoms with Crippen LogP contribution < -0.4 is 16.0 Å². The topological polar surface area (TPSA) is 91.1 Å². The Morgan fingerprint density at radius 2 is 1.78 bits per heavy atom. The van der Waals surface area contributed by atoms with Crippen LogP contribution in [-0.4, -0.2) is 78.3 Å². The normalized spacial score (nSPS) is 18.8. The van der Waals surface area contributed by atoms with Gasteiger partial charge in [0, 0.05) is 32.2 Å². The zero-order valence-corrected chi connectivity index (χ0v) is 24.6. The van der Waals surface area contributed by atoms with Crippen LogP contribution in [0.15, 0.2) is 66.7 Å². The molecule has 0 bridgehead atoms. The number of amides is 2. The number of likely N-dealkylation sites (N-methyl/N-ethyl adjacent to an activating group) is 1. The van der Waals surface area contributed by atoms with Gasteiger partial charge in [0.2, 0.25) is 11.8 Å². The summed E-state index contributed by atoms with van der Waals surface area (Å²) < 4.78 is 5.54. The maximum Gasteiger partial charge on any atom is 0.246 e. The Hall–Kier alpha value is -3.53. The number of aryl methyl sites for hydroxylation is 1. The van der Waals surface area contributed by atoms with Crippen molar-refractivity contribution in [2.24, 2.45) is 5.73 Å². The zero-order chi connectivity index (χ0) is 28.9. The molecule has 3 unspecified atom stereocenters. The van der Waals surface area contributed by atoms with Crippen LogP contribution in [0, 0.1) is 0 Å². The smallest absolute Gasteiger partial charge is 0.246 e. The third-order valence-corrected chi connectivity index (χ3v) is 8.67. The largest absolute Gasteiger partial charge is 0.379 e. The summed E-state index contributed by atoms with van der Waals surface area (Å²) in [5.41, 5.74) is 8.98. The first-order chi connectivity index (χ1) is 19.9. The van der Waals surface area contributed by atoms with Gasteiger partial charge < -0.3 is 25.6 Å². The molecular weight excluding hydrogens is 534 g/mol. The fourth-order valence-corrected chi connectivity index (χ4v) is 6.44. The summed E-state index contributed by atoms with van der Waals surface area (Å²) in [4.78, 5) is 32.9. The van der Waals surface area contributed by atoms with E-state index in [0.29, 0.717) is 31.2 Å². The first-order valence-corrected chi connectivity index (χ1v) is 14.8. The Labute approximate surface area is 247 Å². The van der Waals surface area contributed by atoms with Gasteiger partial charge in [0.1, 0.15) is 12.1 Å². The number of anilines is 1. The lowest BCUT2D eigenvalue weighted by atomic mass is 9.94. The first kappa shape index (κ1) is 29.0. The molecule has 3 aromatic rings. The molecule has 41 heavy (non-hydrogen) atoms. The van der Waals surface area contributed by atoms with Gasteiger partial charge in [-0.2, -0.15) is 0 Å². The second-order valence-electron chi connectivity index (χ2n) is 10.8. The summed E-state index contributed by atoms with van der Waals surface area (Å²) in [6, 6.07) is 20.8. The summed E-state index contributed by atoms with van der Waals surface area (Å²) in [7, 11) is 1.68. The molecule has 1 saturated heterocycles. The number of thiocarbonyl (C=S) groups is 1. The minimum absolute atomic E-state index is 0.0266. The highest BCUT2D eigenvalue weighted by atomic mass is 32.1. The molecule has 2 aliphatic heterocycles. The highest BCUT2D eigenvalue weighted by Crippen LogP contribution is 2.32. The third-order valence-electron chi connectivity index (χ3n) is 8.35. The number of ether oxygens (including phenoxy) is 1. The molecule has 0 aliphatic carbocycles. The fourth-order valence-electron chi connectivity index (χ4n) is 6.08. The maximum absolute atomic E-state index is 14.2. The van der Waals surface area contributed by atoms with Gasteiger partial charge in [-0.05, 0) is 59.4 Å². The molecule has 3 atom stereocenters. The molecule has 0 aromatic heterocycles. The van der Waals surface area contributed by atoms with Crippen LogP contribution in [0.1, 0.15) is 30.9 Å². The van der Waals surface area contributed by atoms with Gasteiger partial charge >= 0.3 is 0 Å². The van der Waals surface area contributed by atoms with E-state index in [0.717, 1.165) is 53.5 Å². The molecule has 2 heterocycles. The molecule has 0 saturated carbocycles. The van der Waals surface area contributed by atoms with E-state index in [4.69, 9.17) is 22.7 Å². The van der Waals surface area contributed by atoms with Crippen LogP contribution in [-0.2, 0) is 27.2 Å². The van der Waals surface area contributed by atoms with Crippen molar-refractivity contribution in [2.45, 2.75) is 50.9 Å². The summed E-state index contributed by atoms with van der Waals surface area (Å²) in [5.74, 6) is -0.706. The van der Waals surface area contributed by atoms with Crippen molar-refractivity contribution in [1.82, 2.24) is 15.1 Å². The lowest BCUT2D eigenvalue weighted by molar-refractivity contribution is -0.138. The predicted octanol–water partition coefficient (Wildman–Crippen LogP) is 3.46. The summed E-state index contributed by atoms with van der Waals surface area (Å²) in [6.45, 7) is 5.15. The van der Waals surface area contributed by atoms with Crippen LogP contribution in [0.4, 0.5) is 5.69 Å². The molecule has 9 heteroatoms. The molecule has 3 N–H and O–H groups in total. The lowest BCUT2D eigenvalue weighted by Crippen LogP contribution is -2.61. The number of nitrogens with one attached hydrogen (secondary N) is 1. The van der Waals surface area contributed by atoms with Gasteiger partial charge in [-0.1, -0.05) is 67.6 Å². The van der Waals surface area contributed by atoms with Crippen molar-refractivity contribution in [2.75, 3.05) is 38.3 Å². The molecule has 8 nitrogen and oxygen atoms in total. The van der Waals surface area contributed by atoms with E-state index >= 15 is 0 Å². The van der Waals surface area contributed by atoms with Gasteiger partial charge in [-0.3, -0.25) is 14.5 Å². The van der Waals surface area contributed by atoms with E-state index in [1.807, 2.05) is 65.6 Å². The number of carbonyl (C=O) groups is 2. The van der Waals surface area contributed by atoms with E-state index in [1.54, 1.807) is 7.05 Å². The Balaban J connectivity index is 1.41. The van der Waals surface area contributed by atoms with Crippen LogP contribution in [0.5, 0.6) is 0 Å². The Morgan fingerprint density at radius 1 is 1.07 bits per heavy atom. The molecule has 5 rings (SSSR count). The van der Waals surface area contributed by atoms with E-state index in [-0.39, 0.29) is 12.1 Å². The highest BCUT2D eigenvalue weighted by molar-refractivity contribution is 7.80. The zero-order valence-electron chi connectivity index (χ0n) is 23.8. The molecular formula is C32H39N5O3S. The van der Waals surface area contributed by atoms with E-state index in [2.05, 4.69) is 23.2 Å². The number of nitrogens with zero attached hydrogens (tertiary/aromatic N) is 3. The SMILES string of the molecule is CCC(NC(=S)N1c2ccccc2CCC1C(=O)N(C)C(Cc1cccc2ccccc12)C(N)=O)N1CCOCC1. The summed E-state index contributed by atoms with van der Waals surface area (Å²) in [6.07, 6.45) is 2.53. The van der Waals surface area contributed by atoms with Gasteiger partial charge in [0.05, 0.1) is 19.4 Å². The quantitative estimate of drug-likeness (QED) is 0.399. The molecule has 0 radical (unpaired) electrons. The Kier molecular flexibility index (Phi) is 9.17. The molecule has 2 aliphatic rings. The van der Waals surface area contributed by atoms with Crippen molar-refractivity contribution < 1.29 is 14.3 Å². The number of hydrogen-bond acceptors (Lipinski definition) is 5. The van der Waals surface area contributed by atoms with Crippen molar-refractivity contribution in [1.29, 1.82) is 0 Å². The van der Waals surface area contributed by atoms with Gasteiger partial charge in [-0.25, -0.2) is 0 Å². The molecule has 216 valence electrons. The number of nitrogens with two attached hydrogens (primary N) is 1. The highest BCUT2D eigenvalue weighted by Gasteiger charge is 2.39. The summed E-state index contributed by atoms with van der Waals surface area (Å²) in [5, 5.41) is 6.19. The molecule has 2 amide bonds. The number of benzene rings is 3. The van der Waals surface area contributed by atoms with Crippen molar-refractivity contribution in [3.63, 3.8) is 0 Å². The van der Waals surface area contributed by atoms with Crippen LogP contribution in [0.3, 0.4) is 0 Å². The van der Waals surface area contributed by atoms with Gasteiger partial charge in [-0.15, -0.1) is 0 Å². The Morgan fingerprint density at radius 3 is 2.54 bits per heavy atom. The average molecular weight is 574 g/mol. The van der Waals surface area contributed by atoms with Crippen LogP contribution in [0.2, 0.25) is 0 Å². The first-order valence-electron chi connectivity index (χ1n) is 14.4. The number of hydrogen-bond donors (Lipinski definition) is 2. The number of primary amides is 1. The van der Waals surface area contributed by atoms with Crippen molar-refractivity contribution >= 4 is 45.6 Å². The number of para-hydroxylation sites is 1. The number of fused-ring (bicyclic) bond motifs is 2. The minimum atomic E-state index is -0.800. The number of rotatable bonds is 8. The molecule has 3 aromatic carbocycles. The third kappa shape index (κ3) is 6.22. The standard InChI is InChI=1S/C32H39N5O3S/c1-3-29(36-17-19-40-20-18-36)34-32(41)37-26-14-7-5-10-23(26)15-16-27(37)31(39)35(2)28(30(33)38)21-24-12-8-11-22-9-4-6-13-25(22)24/h4-14,27-29H,3,15-21H2,1-2H3,(H2,33,38)(H,34,41). The number of carbonyl (C=O) groups excluding carboxylic acids is 2. The second kappa shape index (κ2) is 13.0. The van der Waals surface area contributed by atoms with Gasteiger partial charge in [0.15, 0.2) is 5.11 Å². The van der Waals surface area contributed by atoms with E-state index in [9.17, 15) is 9.59 Å². The van der Waals surface area contributed by atoms with Crippen LogP contribution >= 0.6 is 12.2 Å². The van der Waals surface area contributed by atoms with Crippen molar-refractivity contribution in [3.05, 3.63) is 77.9 Å². The number of morpholine rings is 1. The van der Waals surface area contributed by atoms with E-state index in [1.165, 1.54) is 4.90 Å². The molecule has 0 spiro atoms. The molecule has 1 fully saturated rings. The fraction of sp³-hybridized carbons (Fsp3) is 0.406. The van der Waals surface area contributed by atoms with Crippen molar-refractivity contribution in [3.8, 4) is 0 Å². The monoisotopic (exact) mass is 573 g/mol. The summed E-state index contributed by atoms with van der Waals surface area (Å²) >= 11 is 6.01. The maximum atomic E-state index is 14.2. The van der Waals surface area contributed by atoms with E-state index < -0.39 is 18.0 Å². The lowest BCUT2D eigenvalue weighted by Gasteiger charge is -2.42. The predicted molar refractivity (Wildman–Crippen MR) is 167 cm³/mol. The van der Waals surface area contributed by atoms with Gasteiger partial charge in [0.25, 0.3) is 0 Å². The second-order valence-corrected chi connectivity index (χ2v) is 11.2. The average Bonchev–Trinajstić information content (AvgIpc) is 3.01. The minimum Gasteiger partial charge on any atom is -0.379 e. The van der Waals surface area contributed by atoms with Crippen LogP contribution in [0.25, 0.3) is 10.8 Å². The Bertz CT molecular complexity index is 1400.